The van der Waals surface area contributed by atoms with Crippen LogP contribution in [0.5, 0.6) is 11.5 Å². The maximum Gasteiger partial charge on any atom is 0.242 e. The first-order valence-electron chi connectivity index (χ1n) is 12.8. The van der Waals surface area contributed by atoms with Crippen LogP contribution in [0.4, 0.5) is 0 Å². The van der Waals surface area contributed by atoms with Crippen molar-refractivity contribution in [1.82, 2.24) is 15.2 Å². The second-order valence-electron chi connectivity index (χ2n) is 9.65. The van der Waals surface area contributed by atoms with Gasteiger partial charge in [-0.2, -0.15) is 0 Å². The molecule has 0 bridgehead atoms. The van der Waals surface area contributed by atoms with E-state index < -0.39 is 6.04 Å². The number of benzene rings is 1. The zero-order chi connectivity index (χ0) is 24.8. The number of hydrogen-bond donors (Lipinski definition) is 1. The van der Waals surface area contributed by atoms with Crippen molar-refractivity contribution in [2.75, 3.05) is 14.2 Å². The molecule has 2 aliphatic carbocycles. The summed E-state index contributed by atoms with van der Waals surface area (Å²) in [5.74, 6) is 1.26. The van der Waals surface area contributed by atoms with Gasteiger partial charge in [-0.3, -0.25) is 9.59 Å². The number of carbonyl (C=O) groups excluding carboxylic acids is 2. The molecule has 1 aromatic carbocycles. The molecule has 0 spiro atoms. The normalized spacial score (nSPS) is 17.7. The van der Waals surface area contributed by atoms with E-state index >= 15 is 0 Å². The molecule has 8 heteroatoms. The highest BCUT2D eigenvalue weighted by atomic mass is 32.1. The van der Waals surface area contributed by atoms with Gasteiger partial charge in [0.25, 0.3) is 0 Å². The van der Waals surface area contributed by atoms with E-state index in [1.807, 2.05) is 35.4 Å². The van der Waals surface area contributed by atoms with E-state index in [1.165, 1.54) is 17.8 Å². The van der Waals surface area contributed by atoms with Gasteiger partial charge in [0, 0.05) is 23.0 Å². The fraction of sp³-hybridized carbons (Fsp3) is 0.593. The summed E-state index contributed by atoms with van der Waals surface area (Å²) in [5.41, 5.74) is 1.65. The zero-order valence-electron chi connectivity index (χ0n) is 21.0. The Balaban J connectivity index is 1.48. The van der Waals surface area contributed by atoms with Crippen LogP contribution in [-0.2, 0) is 16.0 Å². The predicted molar refractivity (Wildman–Crippen MR) is 138 cm³/mol. The first kappa shape index (κ1) is 25.5. The summed E-state index contributed by atoms with van der Waals surface area (Å²) in [6.07, 6.45) is 9.91. The first-order valence-corrected chi connectivity index (χ1v) is 13.7. The van der Waals surface area contributed by atoms with Gasteiger partial charge in [-0.15, -0.1) is 11.3 Å². The molecule has 2 saturated carbocycles. The Morgan fingerprint density at radius 1 is 1.06 bits per heavy atom. The van der Waals surface area contributed by atoms with Gasteiger partial charge in [0.2, 0.25) is 11.8 Å². The van der Waals surface area contributed by atoms with Crippen LogP contribution in [0.15, 0.2) is 23.6 Å². The lowest BCUT2D eigenvalue weighted by Gasteiger charge is -2.38. The standard InChI is InChI=1S/C27H37N3O4S/c1-18(26(32)28-20-9-7-8-10-20)30(22-11-5-4-6-12-22)25(31)16-21-17-35-27(29-21)19-13-14-23(33-2)24(15-19)34-3/h13-15,17-18,20,22H,4-12,16H2,1-3H3,(H,28,32). The second kappa shape index (κ2) is 11.9. The number of nitrogens with zero attached hydrogens (tertiary/aromatic N) is 2. The molecular formula is C27H37N3O4S. The van der Waals surface area contributed by atoms with E-state index in [2.05, 4.69) is 5.32 Å². The zero-order valence-corrected chi connectivity index (χ0v) is 21.9. The highest BCUT2D eigenvalue weighted by molar-refractivity contribution is 7.13. The number of nitrogens with one attached hydrogen (secondary N) is 1. The molecular weight excluding hydrogens is 462 g/mol. The predicted octanol–water partition coefficient (Wildman–Crippen LogP) is 4.98. The van der Waals surface area contributed by atoms with Crippen molar-refractivity contribution >= 4 is 23.2 Å². The molecule has 2 aliphatic rings. The van der Waals surface area contributed by atoms with Gasteiger partial charge in [-0.25, -0.2) is 4.98 Å². The topological polar surface area (TPSA) is 80.8 Å². The molecule has 1 aromatic heterocycles. The lowest BCUT2D eigenvalue weighted by atomic mass is 9.92. The van der Waals surface area contributed by atoms with Crippen LogP contribution in [0.25, 0.3) is 10.6 Å². The summed E-state index contributed by atoms with van der Waals surface area (Å²) in [7, 11) is 3.22. The van der Waals surface area contributed by atoms with Gasteiger partial charge in [0.15, 0.2) is 11.5 Å². The highest BCUT2D eigenvalue weighted by Gasteiger charge is 2.34. The Kier molecular flexibility index (Phi) is 8.65. The smallest absolute Gasteiger partial charge is 0.242 e. The van der Waals surface area contributed by atoms with Crippen molar-refractivity contribution in [2.24, 2.45) is 0 Å². The van der Waals surface area contributed by atoms with Gasteiger partial charge < -0.3 is 19.7 Å². The Hall–Kier alpha value is -2.61. The van der Waals surface area contributed by atoms with Crippen molar-refractivity contribution < 1.29 is 19.1 Å². The van der Waals surface area contributed by atoms with Crippen LogP contribution < -0.4 is 14.8 Å². The molecule has 2 aromatic rings. The number of aromatic nitrogens is 1. The molecule has 190 valence electrons. The van der Waals surface area contributed by atoms with Crippen molar-refractivity contribution in [3.63, 3.8) is 0 Å². The summed E-state index contributed by atoms with van der Waals surface area (Å²) in [5, 5.41) is 5.96. The summed E-state index contributed by atoms with van der Waals surface area (Å²) >= 11 is 1.50. The number of carbonyl (C=O) groups is 2. The van der Waals surface area contributed by atoms with Crippen LogP contribution in [-0.4, -0.2) is 54.0 Å². The third kappa shape index (κ3) is 6.15. The summed E-state index contributed by atoms with van der Waals surface area (Å²) in [6.45, 7) is 1.88. The van der Waals surface area contributed by atoms with Crippen molar-refractivity contribution in [2.45, 2.75) is 89.3 Å². The van der Waals surface area contributed by atoms with E-state index in [-0.39, 0.29) is 30.3 Å². The quantitative estimate of drug-likeness (QED) is 0.526. The van der Waals surface area contributed by atoms with Crippen molar-refractivity contribution in [3.8, 4) is 22.1 Å². The van der Waals surface area contributed by atoms with Crippen LogP contribution in [0.1, 0.15) is 70.4 Å². The summed E-state index contributed by atoms with van der Waals surface area (Å²) < 4.78 is 10.7. The summed E-state index contributed by atoms with van der Waals surface area (Å²) in [4.78, 5) is 33.3. The van der Waals surface area contributed by atoms with Crippen molar-refractivity contribution in [1.29, 1.82) is 0 Å². The van der Waals surface area contributed by atoms with Gasteiger partial charge in [-0.1, -0.05) is 32.1 Å². The maximum atomic E-state index is 13.6. The van der Waals surface area contributed by atoms with Gasteiger partial charge >= 0.3 is 0 Å². The maximum absolute atomic E-state index is 13.6. The molecule has 0 aliphatic heterocycles. The molecule has 7 nitrogen and oxygen atoms in total. The van der Waals surface area contributed by atoms with Gasteiger partial charge in [0.05, 0.1) is 26.3 Å². The lowest BCUT2D eigenvalue weighted by molar-refractivity contribution is -0.143. The third-order valence-electron chi connectivity index (χ3n) is 7.27. The minimum Gasteiger partial charge on any atom is -0.493 e. The monoisotopic (exact) mass is 499 g/mol. The lowest BCUT2D eigenvalue weighted by Crippen LogP contribution is -2.54. The SMILES string of the molecule is COc1ccc(-c2nc(CC(=O)N(C3CCCCC3)C(C)C(=O)NC3CCCC3)cs2)cc1OC. The molecule has 4 rings (SSSR count). The fourth-order valence-electron chi connectivity index (χ4n) is 5.35. The van der Waals surface area contributed by atoms with Gasteiger partial charge in [-0.05, 0) is 50.8 Å². The Morgan fingerprint density at radius 3 is 2.43 bits per heavy atom. The average molecular weight is 500 g/mol. The van der Waals surface area contributed by atoms with Crippen LogP contribution >= 0.6 is 11.3 Å². The number of hydrogen-bond acceptors (Lipinski definition) is 6. The number of methoxy groups -OCH3 is 2. The number of rotatable bonds is 9. The highest BCUT2D eigenvalue weighted by Crippen LogP contribution is 2.34. The van der Waals surface area contributed by atoms with Crippen LogP contribution in [0, 0.1) is 0 Å². The van der Waals surface area contributed by atoms with E-state index in [9.17, 15) is 9.59 Å². The van der Waals surface area contributed by atoms with E-state index in [0.717, 1.165) is 67.6 Å². The Labute approximate surface area is 212 Å². The molecule has 1 N–H and O–H groups in total. The second-order valence-corrected chi connectivity index (χ2v) is 10.5. The largest absolute Gasteiger partial charge is 0.493 e. The van der Waals surface area contributed by atoms with Gasteiger partial charge in [0.1, 0.15) is 11.0 Å². The minimum absolute atomic E-state index is 0.0184. The van der Waals surface area contributed by atoms with Crippen LogP contribution in [0.2, 0.25) is 0 Å². The number of thiazole rings is 1. The fourth-order valence-corrected chi connectivity index (χ4v) is 6.17. The molecule has 1 unspecified atom stereocenters. The summed E-state index contributed by atoms with van der Waals surface area (Å²) in [6, 6.07) is 5.58. The third-order valence-corrected chi connectivity index (χ3v) is 8.21. The first-order chi connectivity index (χ1) is 17.0. The van der Waals surface area contributed by atoms with E-state index in [4.69, 9.17) is 14.5 Å². The Bertz CT molecular complexity index is 1010. The molecule has 0 saturated heterocycles. The molecule has 1 heterocycles. The van der Waals surface area contributed by atoms with Crippen LogP contribution in [0.3, 0.4) is 0 Å². The molecule has 2 fully saturated rings. The van der Waals surface area contributed by atoms with E-state index in [0.29, 0.717) is 11.5 Å². The molecule has 0 radical (unpaired) electrons. The molecule has 1 atom stereocenters. The molecule has 2 amide bonds. The minimum atomic E-state index is -0.477. The number of amides is 2. The molecule has 35 heavy (non-hydrogen) atoms. The Morgan fingerprint density at radius 2 is 1.74 bits per heavy atom. The van der Waals surface area contributed by atoms with Crippen molar-refractivity contribution in [3.05, 3.63) is 29.3 Å². The average Bonchev–Trinajstić information content (AvgIpc) is 3.56. The van der Waals surface area contributed by atoms with E-state index in [1.54, 1.807) is 14.2 Å². The number of ether oxygens (including phenoxy) is 2.